The molecule has 0 aromatic heterocycles. The number of aliphatic hydroxyl groups is 2. The monoisotopic (exact) mass is 1020 g/mol. The Labute approximate surface area is 450 Å². The molecule has 0 spiro atoms. The van der Waals surface area contributed by atoms with Crippen molar-refractivity contribution in [3.05, 3.63) is 12.2 Å². The molecular weight excluding hydrogens is 887 g/mol. The van der Waals surface area contributed by atoms with Crippen molar-refractivity contribution in [2.75, 3.05) is 13.2 Å². The molecule has 6 nitrogen and oxygen atoms in total. The van der Waals surface area contributed by atoms with Gasteiger partial charge in [-0.15, -0.1) is 0 Å². The lowest BCUT2D eigenvalue weighted by atomic mass is 10.0. The smallest absolute Gasteiger partial charge is 0.305 e. The lowest BCUT2D eigenvalue weighted by Crippen LogP contribution is -2.45. The summed E-state index contributed by atoms with van der Waals surface area (Å²) < 4.78 is 5.51. The van der Waals surface area contributed by atoms with E-state index in [1.165, 1.54) is 308 Å². The molecule has 6 heteroatoms. The molecule has 0 bridgehead atoms. The lowest BCUT2D eigenvalue weighted by Gasteiger charge is -2.20. The molecule has 0 aliphatic carbocycles. The summed E-state index contributed by atoms with van der Waals surface area (Å²) in [4.78, 5) is 24.6. The largest absolute Gasteiger partial charge is 0.466 e. The van der Waals surface area contributed by atoms with Gasteiger partial charge in [0, 0.05) is 12.8 Å². The van der Waals surface area contributed by atoms with Crippen molar-refractivity contribution in [1.29, 1.82) is 0 Å². The number of aliphatic hydroxyl groups excluding tert-OH is 2. The van der Waals surface area contributed by atoms with E-state index in [2.05, 4.69) is 19.2 Å². The van der Waals surface area contributed by atoms with Crippen molar-refractivity contribution >= 4 is 11.9 Å². The number of carbonyl (C=O) groups excluding carboxylic acids is 2. The number of amides is 1. The Morgan fingerprint density at radius 3 is 0.944 bits per heavy atom. The molecule has 0 heterocycles. The van der Waals surface area contributed by atoms with Gasteiger partial charge in [0.05, 0.1) is 25.4 Å². The first-order chi connectivity index (χ1) is 35.5. The van der Waals surface area contributed by atoms with E-state index in [-0.39, 0.29) is 18.5 Å². The average molecular weight is 1020 g/mol. The first kappa shape index (κ1) is 70.6. The van der Waals surface area contributed by atoms with Gasteiger partial charge < -0.3 is 20.3 Å². The van der Waals surface area contributed by atoms with Crippen LogP contribution in [0.4, 0.5) is 0 Å². The summed E-state index contributed by atoms with van der Waals surface area (Å²) in [7, 11) is 0. The van der Waals surface area contributed by atoms with Gasteiger partial charge in [-0.2, -0.15) is 0 Å². The molecule has 428 valence electrons. The Balaban J connectivity index is 3.38. The molecule has 0 aliphatic rings. The topological polar surface area (TPSA) is 95.9 Å². The molecule has 0 aromatic carbocycles. The molecule has 72 heavy (non-hydrogen) atoms. The van der Waals surface area contributed by atoms with Crippen molar-refractivity contribution < 1.29 is 24.5 Å². The zero-order valence-corrected chi connectivity index (χ0v) is 48.9. The zero-order chi connectivity index (χ0) is 52.2. The third-order valence-electron chi connectivity index (χ3n) is 15.6. The van der Waals surface area contributed by atoms with Crippen LogP contribution < -0.4 is 5.32 Å². The quantitative estimate of drug-likeness (QED) is 0.0320. The number of hydrogen-bond acceptors (Lipinski definition) is 5. The summed E-state index contributed by atoms with van der Waals surface area (Å²) >= 11 is 0. The van der Waals surface area contributed by atoms with Crippen molar-refractivity contribution in [2.45, 2.75) is 386 Å². The zero-order valence-electron chi connectivity index (χ0n) is 48.9. The fourth-order valence-corrected chi connectivity index (χ4v) is 10.5. The molecule has 0 aromatic rings. The summed E-state index contributed by atoms with van der Waals surface area (Å²) in [5.41, 5.74) is 0. The second kappa shape index (κ2) is 62.1. The molecule has 3 N–H and O–H groups in total. The Morgan fingerprint density at radius 1 is 0.375 bits per heavy atom. The highest BCUT2D eigenvalue weighted by Gasteiger charge is 2.18. The van der Waals surface area contributed by atoms with E-state index in [4.69, 9.17) is 4.74 Å². The first-order valence-corrected chi connectivity index (χ1v) is 33.0. The minimum atomic E-state index is -0.845. The predicted molar refractivity (Wildman–Crippen MR) is 315 cm³/mol. The predicted octanol–water partition coefficient (Wildman–Crippen LogP) is 20.8. The maximum Gasteiger partial charge on any atom is 0.305 e. The molecule has 0 rings (SSSR count). The van der Waals surface area contributed by atoms with Crippen LogP contribution in [-0.2, 0) is 14.3 Å². The SMILES string of the molecule is CCCCCCCCCCCCCCCC/C=C/C(O)C(CO)NC(=O)CCCCCCCCCCCCCCCCCCCCCCOC(=O)CCCCCCCCCCCCCCCCCCCCC. The van der Waals surface area contributed by atoms with E-state index in [9.17, 15) is 19.8 Å². The van der Waals surface area contributed by atoms with Crippen molar-refractivity contribution in [1.82, 2.24) is 5.32 Å². The van der Waals surface area contributed by atoms with Crippen LogP contribution in [0.3, 0.4) is 0 Å². The maximum atomic E-state index is 12.5. The number of allylic oxidation sites excluding steroid dienone is 1. The van der Waals surface area contributed by atoms with Gasteiger partial charge in [0.1, 0.15) is 0 Å². The molecule has 2 unspecified atom stereocenters. The Hall–Kier alpha value is -1.40. The summed E-state index contributed by atoms with van der Waals surface area (Å²) in [6.45, 7) is 4.94. The summed E-state index contributed by atoms with van der Waals surface area (Å²) in [6, 6.07) is -0.628. The molecular formula is C66H129NO5. The van der Waals surface area contributed by atoms with Gasteiger partial charge in [-0.1, -0.05) is 341 Å². The van der Waals surface area contributed by atoms with Gasteiger partial charge in [-0.05, 0) is 32.1 Å². The van der Waals surface area contributed by atoms with E-state index in [0.717, 1.165) is 38.5 Å². The Morgan fingerprint density at radius 2 is 0.639 bits per heavy atom. The Kier molecular flexibility index (Phi) is 60.9. The molecule has 0 radical (unpaired) electrons. The standard InChI is InChI=1S/C66H129NO5/c1-3-5-7-9-11-13-15-17-19-21-24-28-32-36-40-44-48-52-56-60-66(71)72-61-57-53-49-45-41-37-33-29-26-23-22-25-27-31-35-39-43-47-51-55-59-65(70)67-63(62-68)64(69)58-54-50-46-42-38-34-30-20-18-16-14-12-10-8-6-4-2/h54,58,63-64,68-69H,3-53,55-57,59-62H2,1-2H3,(H,67,70)/b58-54+. The fourth-order valence-electron chi connectivity index (χ4n) is 10.5. The normalized spacial score (nSPS) is 12.6. The van der Waals surface area contributed by atoms with E-state index in [1.807, 2.05) is 6.08 Å². The summed E-state index contributed by atoms with van der Waals surface area (Å²) in [5, 5.41) is 23.2. The van der Waals surface area contributed by atoms with E-state index >= 15 is 0 Å². The average Bonchev–Trinajstić information content (AvgIpc) is 3.38. The highest BCUT2D eigenvalue weighted by molar-refractivity contribution is 5.76. The number of unbranched alkanes of at least 4 members (excludes halogenated alkanes) is 51. The second-order valence-corrected chi connectivity index (χ2v) is 22.8. The van der Waals surface area contributed by atoms with Crippen LogP contribution in [0.15, 0.2) is 12.2 Å². The number of hydrogen-bond donors (Lipinski definition) is 3. The second-order valence-electron chi connectivity index (χ2n) is 22.8. The molecule has 0 saturated carbocycles. The number of ether oxygens (including phenoxy) is 1. The number of nitrogens with one attached hydrogen (secondary N) is 1. The van der Waals surface area contributed by atoms with E-state index in [1.54, 1.807) is 6.08 Å². The third kappa shape index (κ3) is 57.9. The van der Waals surface area contributed by atoms with Crippen LogP contribution in [0.25, 0.3) is 0 Å². The van der Waals surface area contributed by atoms with Crippen molar-refractivity contribution in [2.24, 2.45) is 0 Å². The van der Waals surface area contributed by atoms with Gasteiger partial charge in [0.25, 0.3) is 0 Å². The van der Waals surface area contributed by atoms with Gasteiger partial charge >= 0.3 is 5.97 Å². The van der Waals surface area contributed by atoms with Gasteiger partial charge in [-0.3, -0.25) is 9.59 Å². The van der Waals surface area contributed by atoms with E-state index in [0.29, 0.717) is 19.4 Å². The van der Waals surface area contributed by atoms with Crippen LogP contribution in [0.2, 0.25) is 0 Å². The molecule has 0 saturated heterocycles. The third-order valence-corrected chi connectivity index (χ3v) is 15.6. The molecule has 0 aliphatic heterocycles. The Bertz CT molecular complexity index is 1080. The van der Waals surface area contributed by atoms with E-state index < -0.39 is 12.1 Å². The van der Waals surface area contributed by atoms with Gasteiger partial charge in [-0.25, -0.2) is 0 Å². The summed E-state index contributed by atoms with van der Waals surface area (Å²) in [6.07, 6.45) is 75.5. The maximum absolute atomic E-state index is 12.5. The summed E-state index contributed by atoms with van der Waals surface area (Å²) in [5.74, 6) is -0.0512. The number of carbonyl (C=O) groups is 2. The number of rotatable bonds is 62. The minimum absolute atomic E-state index is 0.0156. The highest BCUT2D eigenvalue weighted by Crippen LogP contribution is 2.19. The molecule has 0 fully saturated rings. The lowest BCUT2D eigenvalue weighted by molar-refractivity contribution is -0.143. The highest BCUT2D eigenvalue weighted by atomic mass is 16.5. The van der Waals surface area contributed by atoms with Crippen LogP contribution >= 0.6 is 0 Å². The van der Waals surface area contributed by atoms with Crippen LogP contribution in [-0.4, -0.2) is 47.4 Å². The van der Waals surface area contributed by atoms with Gasteiger partial charge in [0.2, 0.25) is 5.91 Å². The van der Waals surface area contributed by atoms with Crippen LogP contribution in [0.5, 0.6) is 0 Å². The van der Waals surface area contributed by atoms with Crippen LogP contribution in [0, 0.1) is 0 Å². The number of esters is 1. The van der Waals surface area contributed by atoms with Crippen molar-refractivity contribution in [3.8, 4) is 0 Å². The van der Waals surface area contributed by atoms with Gasteiger partial charge in [0.15, 0.2) is 0 Å². The minimum Gasteiger partial charge on any atom is -0.466 e. The van der Waals surface area contributed by atoms with Crippen LogP contribution in [0.1, 0.15) is 373 Å². The first-order valence-electron chi connectivity index (χ1n) is 33.0. The molecule has 2 atom stereocenters. The van der Waals surface area contributed by atoms with Crippen molar-refractivity contribution in [3.63, 3.8) is 0 Å². The fraction of sp³-hybridized carbons (Fsp3) is 0.939. The molecule has 1 amide bonds.